The van der Waals surface area contributed by atoms with E-state index in [4.69, 9.17) is 4.52 Å². The lowest BCUT2D eigenvalue weighted by molar-refractivity contribution is 0.337. The molecule has 1 aromatic heterocycles. The first-order valence-corrected chi connectivity index (χ1v) is 8.18. The maximum Gasteiger partial charge on any atom is 0.219 e. The van der Waals surface area contributed by atoms with Gasteiger partial charge in [-0.05, 0) is 26.3 Å². The summed E-state index contributed by atoms with van der Waals surface area (Å²) in [6.07, 6.45) is 3.36. The Kier molecular flexibility index (Phi) is 4.59. The summed E-state index contributed by atoms with van der Waals surface area (Å²) in [7, 11) is -1.70. The summed E-state index contributed by atoms with van der Waals surface area (Å²) in [5, 5.41) is 7.08. The molecule has 6 nitrogen and oxygen atoms in total. The summed E-state index contributed by atoms with van der Waals surface area (Å²) in [5.41, 5.74) is 0.459. The molecule has 0 aliphatic carbocycles. The van der Waals surface area contributed by atoms with Crippen LogP contribution in [0.3, 0.4) is 0 Å². The Balaban J connectivity index is 1.94. The molecule has 1 aliphatic heterocycles. The van der Waals surface area contributed by atoms with E-state index in [1.54, 1.807) is 20.0 Å². The molecule has 1 unspecified atom stereocenters. The normalized spacial score (nSPS) is 20.9. The van der Waals surface area contributed by atoms with E-state index in [1.807, 2.05) is 0 Å². The fourth-order valence-corrected chi connectivity index (χ4v) is 3.42. The lowest BCUT2D eigenvalue weighted by Gasteiger charge is -2.27. The lowest BCUT2D eigenvalue weighted by Crippen LogP contribution is -2.44. The standard InChI is InChI=1S/C12H21N3O3S/c1-10-7-12(14-18-10)9-19(16,17)15(2)8-11-5-3-4-6-13-11/h7,11,13H,3-6,8-9H2,1-2H3. The van der Waals surface area contributed by atoms with Gasteiger partial charge in [0.25, 0.3) is 0 Å². The molecule has 0 saturated carbocycles. The summed E-state index contributed by atoms with van der Waals surface area (Å²) in [6, 6.07) is 1.91. The minimum absolute atomic E-state index is 0.104. The van der Waals surface area contributed by atoms with Crippen LogP contribution in [0.5, 0.6) is 0 Å². The maximum absolute atomic E-state index is 12.2. The van der Waals surface area contributed by atoms with Crippen molar-refractivity contribution in [3.05, 3.63) is 17.5 Å². The lowest BCUT2D eigenvalue weighted by atomic mass is 10.1. The van der Waals surface area contributed by atoms with E-state index in [2.05, 4.69) is 10.5 Å². The molecule has 2 heterocycles. The summed E-state index contributed by atoms with van der Waals surface area (Å²) in [5.74, 6) is 0.523. The van der Waals surface area contributed by atoms with Crippen molar-refractivity contribution in [2.45, 2.75) is 38.0 Å². The molecule has 0 spiro atoms. The van der Waals surface area contributed by atoms with Crippen LogP contribution in [0.1, 0.15) is 30.7 Å². The third-order valence-corrected chi connectivity index (χ3v) is 5.13. The summed E-state index contributed by atoms with van der Waals surface area (Å²) < 4.78 is 30.7. The zero-order valence-electron chi connectivity index (χ0n) is 11.4. The number of nitrogens with zero attached hydrogens (tertiary/aromatic N) is 2. The van der Waals surface area contributed by atoms with Crippen LogP contribution in [0, 0.1) is 6.92 Å². The molecule has 2 rings (SSSR count). The van der Waals surface area contributed by atoms with E-state index in [0.717, 1.165) is 19.4 Å². The molecule has 1 aromatic rings. The van der Waals surface area contributed by atoms with Crippen molar-refractivity contribution in [3.63, 3.8) is 0 Å². The minimum Gasteiger partial charge on any atom is -0.361 e. The van der Waals surface area contributed by atoms with Gasteiger partial charge in [0.2, 0.25) is 10.0 Å². The maximum atomic E-state index is 12.2. The third-order valence-electron chi connectivity index (χ3n) is 3.37. The zero-order chi connectivity index (χ0) is 13.9. The summed E-state index contributed by atoms with van der Waals surface area (Å²) in [4.78, 5) is 0. The first-order valence-electron chi connectivity index (χ1n) is 6.57. The number of nitrogens with one attached hydrogen (secondary N) is 1. The second-order valence-electron chi connectivity index (χ2n) is 5.11. The molecular formula is C12H21N3O3S. The number of sulfonamides is 1. The highest BCUT2D eigenvalue weighted by Gasteiger charge is 2.24. The van der Waals surface area contributed by atoms with Crippen LogP contribution in [0.25, 0.3) is 0 Å². The van der Waals surface area contributed by atoms with Gasteiger partial charge in [0.1, 0.15) is 17.2 Å². The van der Waals surface area contributed by atoms with E-state index >= 15 is 0 Å². The molecule has 108 valence electrons. The van der Waals surface area contributed by atoms with Crippen molar-refractivity contribution in [3.8, 4) is 0 Å². The van der Waals surface area contributed by atoms with Crippen LogP contribution in [-0.2, 0) is 15.8 Å². The van der Waals surface area contributed by atoms with Gasteiger partial charge in [-0.3, -0.25) is 0 Å². The van der Waals surface area contributed by atoms with Crippen molar-refractivity contribution in [1.29, 1.82) is 0 Å². The smallest absolute Gasteiger partial charge is 0.219 e. The third kappa shape index (κ3) is 4.02. The van der Waals surface area contributed by atoms with Crippen molar-refractivity contribution < 1.29 is 12.9 Å². The fraction of sp³-hybridized carbons (Fsp3) is 0.750. The monoisotopic (exact) mass is 287 g/mol. The molecule has 0 amide bonds. The molecule has 0 bridgehead atoms. The number of likely N-dealkylation sites (N-methyl/N-ethyl adjacent to an activating group) is 1. The number of aromatic nitrogens is 1. The Morgan fingerprint density at radius 1 is 1.53 bits per heavy atom. The molecule has 1 saturated heterocycles. The molecule has 19 heavy (non-hydrogen) atoms. The molecule has 1 fully saturated rings. The summed E-state index contributed by atoms with van der Waals surface area (Å²) >= 11 is 0. The van der Waals surface area contributed by atoms with Gasteiger partial charge < -0.3 is 9.84 Å². The fourth-order valence-electron chi connectivity index (χ4n) is 2.29. The Morgan fingerprint density at radius 3 is 2.89 bits per heavy atom. The first-order chi connectivity index (χ1) is 8.97. The Hall–Kier alpha value is -0.920. The van der Waals surface area contributed by atoms with Crippen molar-refractivity contribution >= 4 is 10.0 Å². The Morgan fingerprint density at radius 2 is 2.32 bits per heavy atom. The van der Waals surface area contributed by atoms with E-state index in [0.29, 0.717) is 18.0 Å². The second kappa shape index (κ2) is 6.02. The highest BCUT2D eigenvalue weighted by atomic mass is 32.2. The number of piperidine rings is 1. The largest absolute Gasteiger partial charge is 0.361 e. The molecular weight excluding hydrogens is 266 g/mol. The number of hydrogen-bond acceptors (Lipinski definition) is 5. The topological polar surface area (TPSA) is 75.4 Å². The van der Waals surface area contributed by atoms with E-state index < -0.39 is 10.0 Å². The zero-order valence-corrected chi connectivity index (χ0v) is 12.2. The van der Waals surface area contributed by atoms with Gasteiger partial charge >= 0.3 is 0 Å². The molecule has 1 atom stereocenters. The predicted molar refractivity (Wildman–Crippen MR) is 72.1 cm³/mol. The molecule has 7 heteroatoms. The Labute approximate surface area is 114 Å². The molecule has 0 aromatic carbocycles. The highest BCUT2D eigenvalue weighted by Crippen LogP contribution is 2.13. The van der Waals surface area contributed by atoms with Gasteiger partial charge in [-0.2, -0.15) is 0 Å². The van der Waals surface area contributed by atoms with Crippen molar-refractivity contribution in [1.82, 2.24) is 14.8 Å². The second-order valence-corrected chi connectivity index (χ2v) is 7.19. The molecule has 0 radical (unpaired) electrons. The number of rotatable bonds is 5. The van der Waals surface area contributed by atoms with Crippen LogP contribution in [0.4, 0.5) is 0 Å². The van der Waals surface area contributed by atoms with Gasteiger partial charge in [0.15, 0.2) is 0 Å². The van der Waals surface area contributed by atoms with Gasteiger partial charge in [-0.15, -0.1) is 0 Å². The Bertz CT molecular complexity index is 506. The minimum atomic E-state index is -3.33. The van der Waals surface area contributed by atoms with Crippen LogP contribution in [-0.4, -0.2) is 44.1 Å². The first kappa shape index (κ1) is 14.5. The van der Waals surface area contributed by atoms with Crippen LogP contribution in [0.15, 0.2) is 10.6 Å². The number of hydrogen-bond donors (Lipinski definition) is 1. The quantitative estimate of drug-likeness (QED) is 0.870. The average Bonchev–Trinajstić information content (AvgIpc) is 2.75. The van der Waals surface area contributed by atoms with Crippen LogP contribution in [0.2, 0.25) is 0 Å². The summed E-state index contributed by atoms with van der Waals surface area (Å²) in [6.45, 7) is 3.24. The van der Waals surface area contributed by atoms with Gasteiger partial charge in [0, 0.05) is 25.7 Å². The average molecular weight is 287 g/mol. The van der Waals surface area contributed by atoms with Crippen molar-refractivity contribution in [2.24, 2.45) is 0 Å². The van der Waals surface area contributed by atoms with Gasteiger partial charge in [0.05, 0.1) is 0 Å². The van der Waals surface area contributed by atoms with Crippen molar-refractivity contribution in [2.75, 3.05) is 20.1 Å². The molecule has 1 aliphatic rings. The van der Waals surface area contributed by atoms with E-state index in [1.165, 1.54) is 10.7 Å². The van der Waals surface area contributed by atoms with Gasteiger partial charge in [-0.1, -0.05) is 11.6 Å². The molecule has 1 N–H and O–H groups in total. The predicted octanol–water partition coefficient (Wildman–Crippen LogP) is 0.887. The SMILES string of the molecule is Cc1cc(CS(=O)(=O)N(C)CC2CCCCN2)no1. The number of aryl methyl sites for hydroxylation is 1. The van der Waals surface area contributed by atoms with Gasteiger partial charge in [-0.25, -0.2) is 12.7 Å². The van der Waals surface area contributed by atoms with Crippen LogP contribution >= 0.6 is 0 Å². The highest BCUT2D eigenvalue weighted by molar-refractivity contribution is 7.88. The van der Waals surface area contributed by atoms with Crippen LogP contribution < -0.4 is 5.32 Å². The van der Waals surface area contributed by atoms with E-state index in [9.17, 15) is 8.42 Å². The van der Waals surface area contributed by atoms with E-state index in [-0.39, 0.29) is 11.8 Å².